The molecule has 1 amide bonds. The molecule has 0 unspecified atom stereocenters. The van der Waals surface area contributed by atoms with Crippen molar-refractivity contribution in [2.24, 2.45) is 0 Å². The Hall–Kier alpha value is -4.52. The summed E-state index contributed by atoms with van der Waals surface area (Å²) in [6.45, 7) is 4.11. The molecule has 0 radical (unpaired) electrons. The molecule has 6 rings (SSSR count). The Labute approximate surface area is 189 Å². The summed E-state index contributed by atoms with van der Waals surface area (Å²) in [7, 11) is 0. The normalized spacial score (nSPS) is 14.6. The minimum Gasteiger partial charge on any atom is -0.383 e. The van der Waals surface area contributed by atoms with Crippen LogP contribution in [-0.4, -0.2) is 25.4 Å². The molecule has 0 saturated carbocycles. The molecule has 160 valence electrons. The van der Waals surface area contributed by atoms with Crippen LogP contribution in [0.3, 0.4) is 0 Å². The Morgan fingerprint density at radius 3 is 2.82 bits per heavy atom. The maximum Gasteiger partial charge on any atom is 0.243 e. The number of nitrogen functional groups attached to an aromatic ring is 1. The van der Waals surface area contributed by atoms with Gasteiger partial charge in [0.2, 0.25) is 5.91 Å². The zero-order valence-corrected chi connectivity index (χ0v) is 17.7. The highest BCUT2D eigenvalue weighted by atomic mass is 16.1. The second kappa shape index (κ2) is 7.27. The summed E-state index contributed by atoms with van der Waals surface area (Å²) in [5.41, 5.74) is 13.0. The third-order valence-electron chi connectivity index (χ3n) is 6.21. The first-order chi connectivity index (χ1) is 16.2. The summed E-state index contributed by atoms with van der Waals surface area (Å²) in [6.07, 6.45) is 4.64. The number of hydrogen-bond acceptors (Lipinski definition) is 5. The van der Waals surface area contributed by atoms with Gasteiger partial charge in [0.15, 0.2) is 0 Å². The minimum absolute atomic E-state index is 0.220. The summed E-state index contributed by atoms with van der Waals surface area (Å²) < 4.78 is 2.12. The van der Waals surface area contributed by atoms with E-state index in [1.54, 1.807) is 0 Å². The van der Waals surface area contributed by atoms with E-state index >= 15 is 0 Å². The van der Waals surface area contributed by atoms with Crippen molar-refractivity contribution in [1.29, 1.82) is 0 Å². The fourth-order valence-electron chi connectivity index (χ4n) is 4.79. The molecular formula is C26H20N6O. The summed E-state index contributed by atoms with van der Waals surface area (Å²) in [6, 6.07) is 18.0. The van der Waals surface area contributed by atoms with Gasteiger partial charge in [0.05, 0.1) is 22.6 Å². The third kappa shape index (κ3) is 2.90. The van der Waals surface area contributed by atoms with Gasteiger partial charge in [0.25, 0.3) is 0 Å². The number of carbonyl (C=O) groups is 1. The van der Waals surface area contributed by atoms with Gasteiger partial charge in [-0.2, -0.15) is 0 Å². The number of para-hydroxylation sites is 1. The molecule has 7 heteroatoms. The molecule has 3 N–H and O–H groups in total. The highest BCUT2D eigenvalue weighted by Gasteiger charge is 2.32. The van der Waals surface area contributed by atoms with Crippen molar-refractivity contribution in [3.05, 3.63) is 85.3 Å². The van der Waals surface area contributed by atoms with E-state index in [0.717, 1.165) is 49.9 Å². The third-order valence-corrected chi connectivity index (χ3v) is 6.21. The molecule has 7 nitrogen and oxygen atoms in total. The number of nitrogens with zero attached hydrogens (tertiary/aromatic N) is 4. The lowest BCUT2D eigenvalue weighted by Gasteiger charge is -2.29. The van der Waals surface area contributed by atoms with Crippen LogP contribution in [0.15, 0.2) is 79.8 Å². The van der Waals surface area contributed by atoms with E-state index in [1.807, 2.05) is 48.7 Å². The number of amides is 1. The van der Waals surface area contributed by atoms with E-state index in [-0.39, 0.29) is 11.9 Å². The molecule has 0 saturated heterocycles. The quantitative estimate of drug-likeness (QED) is 0.415. The number of nitrogens with two attached hydrogens (primary N) is 1. The fraction of sp³-hybridized carbons (Fsp3) is 0.0769. The number of nitrogens with one attached hydrogen (secondary N) is 1. The summed E-state index contributed by atoms with van der Waals surface area (Å²) in [5.74, 6) is 0.192. The van der Waals surface area contributed by atoms with Gasteiger partial charge in [-0.15, -0.1) is 0 Å². The molecule has 5 aromatic rings. The molecule has 3 aromatic heterocycles. The van der Waals surface area contributed by atoms with Crippen LogP contribution in [-0.2, 0) is 11.3 Å². The molecule has 4 heterocycles. The molecule has 1 atom stereocenters. The molecule has 1 aliphatic rings. The van der Waals surface area contributed by atoms with Crippen molar-refractivity contribution in [3.8, 4) is 22.4 Å². The number of aromatic nitrogens is 4. The number of benzene rings is 2. The van der Waals surface area contributed by atoms with Gasteiger partial charge in [-0.3, -0.25) is 9.78 Å². The maximum absolute atomic E-state index is 12.2. The Morgan fingerprint density at radius 2 is 1.94 bits per heavy atom. The van der Waals surface area contributed by atoms with Crippen molar-refractivity contribution < 1.29 is 4.79 Å². The first kappa shape index (κ1) is 19.2. The van der Waals surface area contributed by atoms with Gasteiger partial charge in [0.1, 0.15) is 17.8 Å². The van der Waals surface area contributed by atoms with Crippen LogP contribution in [0.4, 0.5) is 5.82 Å². The molecule has 0 bridgehead atoms. The van der Waals surface area contributed by atoms with Gasteiger partial charge in [-0.25, -0.2) is 9.97 Å². The standard InChI is InChI=1S/C26H20N6O/c1-2-21(33)31-20-13-32-24(18-9-5-4-8-17(18)20)22(23-25(27)29-14-30-26(23)32)16-11-15-7-3-6-10-19(15)28-12-16/h2-12,14,20H,1,13H2,(H,31,33)(H2,27,29,30)/t20-/m0/s1. The number of anilines is 1. The highest BCUT2D eigenvalue weighted by molar-refractivity contribution is 6.09. The van der Waals surface area contributed by atoms with Crippen molar-refractivity contribution in [1.82, 2.24) is 24.8 Å². The van der Waals surface area contributed by atoms with E-state index in [1.165, 1.54) is 12.4 Å². The van der Waals surface area contributed by atoms with Crippen LogP contribution >= 0.6 is 0 Å². The number of fused-ring (bicyclic) bond motifs is 6. The number of carbonyl (C=O) groups excluding carboxylic acids is 1. The van der Waals surface area contributed by atoms with Crippen LogP contribution < -0.4 is 11.1 Å². The second-order valence-electron chi connectivity index (χ2n) is 8.06. The van der Waals surface area contributed by atoms with Crippen LogP contribution in [0.1, 0.15) is 11.6 Å². The van der Waals surface area contributed by atoms with Crippen molar-refractivity contribution >= 4 is 33.7 Å². The lowest BCUT2D eigenvalue weighted by Crippen LogP contribution is -2.32. The van der Waals surface area contributed by atoms with E-state index in [9.17, 15) is 4.79 Å². The molecule has 0 spiro atoms. The summed E-state index contributed by atoms with van der Waals surface area (Å²) in [4.78, 5) is 25.7. The molecule has 0 aliphatic carbocycles. The average molecular weight is 432 g/mol. The predicted octanol–water partition coefficient (Wildman–Crippen LogP) is 4.25. The Bertz CT molecular complexity index is 1590. The topological polar surface area (TPSA) is 98.7 Å². The van der Waals surface area contributed by atoms with Crippen LogP contribution in [0.2, 0.25) is 0 Å². The van der Waals surface area contributed by atoms with E-state index in [4.69, 9.17) is 5.73 Å². The lowest BCUT2D eigenvalue weighted by atomic mass is 9.90. The second-order valence-corrected chi connectivity index (χ2v) is 8.06. The molecule has 2 aromatic carbocycles. The first-order valence-electron chi connectivity index (χ1n) is 10.7. The highest BCUT2D eigenvalue weighted by Crippen LogP contribution is 2.47. The molecule has 1 aliphatic heterocycles. The van der Waals surface area contributed by atoms with Crippen LogP contribution in [0.5, 0.6) is 0 Å². The zero-order valence-electron chi connectivity index (χ0n) is 17.7. The molecular weight excluding hydrogens is 412 g/mol. The average Bonchev–Trinajstić information content (AvgIpc) is 3.19. The van der Waals surface area contributed by atoms with Gasteiger partial charge >= 0.3 is 0 Å². The lowest BCUT2D eigenvalue weighted by molar-refractivity contribution is -0.117. The van der Waals surface area contributed by atoms with E-state index in [0.29, 0.717) is 12.4 Å². The monoisotopic (exact) mass is 432 g/mol. The first-order valence-corrected chi connectivity index (χ1v) is 10.7. The van der Waals surface area contributed by atoms with Crippen molar-refractivity contribution in [2.45, 2.75) is 12.6 Å². The Balaban J connectivity index is 1.68. The van der Waals surface area contributed by atoms with Gasteiger partial charge < -0.3 is 15.6 Å². The molecule has 33 heavy (non-hydrogen) atoms. The van der Waals surface area contributed by atoms with Crippen molar-refractivity contribution in [2.75, 3.05) is 5.73 Å². The summed E-state index contributed by atoms with van der Waals surface area (Å²) >= 11 is 0. The van der Waals surface area contributed by atoms with E-state index in [2.05, 4.69) is 43.5 Å². The minimum atomic E-state index is -0.228. The van der Waals surface area contributed by atoms with Crippen LogP contribution in [0.25, 0.3) is 44.3 Å². The largest absolute Gasteiger partial charge is 0.383 e. The zero-order chi connectivity index (χ0) is 22.5. The van der Waals surface area contributed by atoms with Gasteiger partial charge in [-0.1, -0.05) is 49.0 Å². The smallest absolute Gasteiger partial charge is 0.243 e. The predicted molar refractivity (Wildman–Crippen MR) is 129 cm³/mol. The number of pyridine rings is 1. The SMILES string of the molecule is C=CC(=O)N[C@H]1Cn2c(c(-c3cnc4ccccc4c3)c3c(N)ncnc32)-c2ccccc21. The Kier molecular flexibility index (Phi) is 4.23. The van der Waals surface area contributed by atoms with Crippen molar-refractivity contribution in [3.63, 3.8) is 0 Å². The van der Waals surface area contributed by atoms with E-state index < -0.39 is 0 Å². The maximum atomic E-state index is 12.2. The van der Waals surface area contributed by atoms with Gasteiger partial charge in [-0.05, 0) is 23.8 Å². The summed E-state index contributed by atoms with van der Waals surface area (Å²) in [5, 5.41) is 4.88. The molecule has 0 fully saturated rings. The number of hydrogen-bond donors (Lipinski definition) is 2. The van der Waals surface area contributed by atoms with Gasteiger partial charge in [0, 0.05) is 34.8 Å². The Morgan fingerprint density at radius 1 is 1.12 bits per heavy atom. The van der Waals surface area contributed by atoms with Crippen LogP contribution in [0, 0.1) is 0 Å². The fourth-order valence-corrected chi connectivity index (χ4v) is 4.79. The number of rotatable bonds is 3.